The zero-order chi connectivity index (χ0) is 18.8. The van der Waals surface area contributed by atoms with E-state index in [0.29, 0.717) is 11.1 Å². The molecule has 1 unspecified atom stereocenters. The van der Waals surface area contributed by atoms with E-state index >= 15 is 0 Å². The van der Waals surface area contributed by atoms with Gasteiger partial charge < -0.3 is 15.1 Å². The van der Waals surface area contributed by atoms with Gasteiger partial charge in [0.05, 0.1) is 18.2 Å². The number of β-amino-alcohol motifs (C(OH)–C–C–N with tert-alkyl or cyclic N) is 1. The average molecular weight is 356 g/mol. The first-order chi connectivity index (χ1) is 12.5. The zero-order valence-electron chi connectivity index (χ0n) is 14.0. The normalized spacial score (nSPS) is 19.2. The molecule has 0 saturated carbocycles. The summed E-state index contributed by atoms with van der Waals surface area (Å²) >= 11 is 0. The number of carbonyl (C=O) groups excluding carboxylic acids is 2. The van der Waals surface area contributed by atoms with Crippen LogP contribution in [0.15, 0.2) is 48.3 Å². The summed E-state index contributed by atoms with van der Waals surface area (Å²) in [6, 6.07) is 6.43. The molecule has 1 aliphatic rings. The fourth-order valence-electron chi connectivity index (χ4n) is 3.01. The molecule has 3 rings (SSSR count). The Balaban J connectivity index is 2.19. The second-order valence-corrected chi connectivity index (χ2v) is 5.96. The molecule has 2 aromatic rings. The maximum Gasteiger partial charge on any atom is 0.295 e. The minimum absolute atomic E-state index is 0.0728. The minimum Gasteiger partial charge on any atom is -0.507 e. The van der Waals surface area contributed by atoms with Crippen molar-refractivity contribution in [3.63, 3.8) is 0 Å². The molecule has 1 aliphatic heterocycles. The lowest BCUT2D eigenvalue weighted by atomic mass is 9.95. The van der Waals surface area contributed by atoms with E-state index in [1.807, 2.05) is 0 Å². The molecule has 134 valence electrons. The highest BCUT2D eigenvalue weighted by atomic mass is 19.1. The number of Topliss-reactive ketones (excluding diaryl/α,β-unsaturated/α-hetero) is 1. The summed E-state index contributed by atoms with van der Waals surface area (Å²) in [5.74, 6) is -2.68. The van der Waals surface area contributed by atoms with Gasteiger partial charge in [0.25, 0.3) is 11.7 Å². The third-order valence-electron chi connectivity index (χ3n) is 4.35. The quantitative estimate of drug-likeness (QED) is 0.496. The van der Waals surface area contributed by atoms with E-state index in [4.69, 9.17) is 0 Å². The Labute approximate surface area is 149 Å². The molecule has 2 heterocycles. The van der Waals surface area contributed by atoms with Gasteiger partial charge in [-0.1, -0.05) is 12.1 Å². The largest absolute Gasteiger partial charge is 0.507 e. The van der Waals surface area contributed by atoms with Crippen LogP contribution in [-0.4, -0.2) is 44.9 Å². The van der Waals surface area contributed by atoms with E-state index in [1.165, 1.54) is 29.4 Å². The van der Waals surface area contributed by atoms with Crippen LogP contribution < -0.4 is 0 Å². The minimum atomic E-state index is -0.880. The Morgan fingerprint density at radius 2 is 1.92 bits per heavy atom. The van der Waals surface area contributed by atoms with E-state index in [2.05, 4.69) is 4.98 Å². The number of aliphatic hydroxyl groups excluding tert-OH is 2. The molecule has 1 aromatic heterocycles. The SMILES string of the molecule is Cc1ccc(C(O)=C2C(=O)C(=O)N(CCO)C2c2ccncc2)cc1F. The number of aliphatic hydroxyl groups is 2. The summed E-state index contributed by atoms with van der Waals surface area (Å²) in [6.07, 6.45) is 3.00. The first-order valence-electron chi connectivity index (χ1n) is 8.01. The molecule has 6 nitrogen and oxygen atoms in total. The first kappa shape index (κ1) is 17.8. The van der Waals surface area contributed by atoms with Crippen molar-refractivity contribution in [2.45, 2.75) is 13.0 Å². The number of halogens is 1. The molecule has 0 bridgehead atoms. The highest BCUT2D eigenvalue weighted by Crippen LogP contribution is 2.39. The van der Waals surface area contributed by atoms with Crippen molar-refractivity contribution < 1.29 is 24.2 Å². The Morgan fingerprint density at radius 1 is 1.23 bits per heavy atom. The summed E-state index contributed by atoms with van der Waals surface area (Å²) in [5.41, 5.74) is 0.918. The second-order valence-electron chi connectivity index (χ2n) is 5.96. The van der Waals surface area contributed by atoms with E-state index in [-0.39, 0.29) is 24.3 Å². The number of benzene rings is 1. The zero-order valence-corrected chi connectivity index (χ0v) is 14.0. The number of ketones is 1. The van der Waals surface area contributed by atoms with Crippen molar-refractivity contribution >= 4 is 17.4 Å². The molecule has 0 aliphatic carbocycles. The Bertz CT molecular complexity index is 896. The topological polar surface area (TPSA) is 90.7 Å². The van der Waals surface area contributed by atoms with Crippen molar-refractivity contribution in [1.82, 2.24) is 9.88 Å². The number of amides is 1. The van der Waals surface area contributed by atoms with E-state index < -0.39 is 29.3 Å². The second kappa shape index (κ2) is 7.05. The maximum atomic E-state index is 13.9. The summed E-state index contributed by atoms with van der Waals surface area (Å²) in [6.45, 7) is 1.17. The molecular weight excluding hydrogens is 339 g/mol. The fraction of sp³-hybridized carbons (Fsp3) is 0.211. The molecule has 2 N–H and O–H groups in total. The van der Waals surface area contributed by atoms with Gasteiger partial charge in [-0.25, -0.2) is 4.39 Å². The smallest absolute Gasteiger partial charge is 0.295 e. The van der Waals surface area contributed by atoms with Gasteiger partial charge in [-0.3, -0.25) is 14.6 Å². The molecule has 1 fully saturated rings. The molecule has 26 heavy (non-hydrogen) atoms. The number of hydrogen-bond acceptors (Lipinski definition) is 5. The fourth-order valence-corrected chi connectivity index (χ4v) is 3.01. The molecule has 0 spiro atoms. The van der Waals surface area contributed by atoms with Crippen LogP contribution in [0.25, 0.3) is 5.76 Å². The van der Waals surface area contributed by atoms with Gasteiger partial charge >= 0.3 is 0 Å². The van der Waals surface area contributed by atoms with Gasteiger partial charge in [-0.05, 0) is 36.2 Å². The lowest BCUT2D eigenvalue weighted by molar-refractivity contribution is -0.140. The van der Waals surface area contributed by atoms with Crippen LogP contribution >= 0.6 is 0 Å². The number of pyridine rings is 1. The first-order valence-corrected chi connectivity index (χ1v) is 8.01. The van der Waals surface area contributed by atoms with E-state index in [0.717, 1.165) is 6.07 Å². The van der Waals surface area contributed by atoms with Crippen molar-refractivity contribution in [3.05, 3.63) is 70.8 Å². The van der Waals surface area contributed by atoms with Crippen LogP contribution in [0.3, 0.4) is 0 Å². The predicted octanol–water partition coefficient (Wildman–Crippen LogP) is 1.94. The van der Waals surface area contributed by atoms with Crippen LogP contribution in [0.5, 0.6) is 0 Å². The molecule has 1 atom stereocenters. The third kappa shape index (κ3) is 2.97. The predicted molar refractivity (Wildman–Crippen MR) is 91.5 cm³/mol. The average Bonchev–Trinajstić information content (AvgIpc) is 2.89. The molecular formula is C19H17FN2O4. The van der Waals surface area contributed by atoms with Crippen LogP contribution in [0.2, 0.25) is 0 Å². The van der Waals surface area contributed by atoms with Crippen LogP contribution in [0, 0.1) is 12.7 Å². The lowest BCUT2D eigenvalue weighted by Gasteiger charge is -2.24. The van der Waals surface area contributed by atoms with Crippen LogP contribution in [-0.2, 0) is 9.59 Å². The van der Waals surface area contributed by atoms with Crippen molar-refractivity contribution in [2.75, 3.05) is 13.2 Å². The van der Waals surface area contributed by atoms with Crippen LogP contribution in [0.1, 0.15) is 22.7 Å². The van der Waals surface area contributed by atoms with Gasteiger partial charge in [0.15, 0.2) is 0 Å². The van der Waals surface area contributed by atoms with Crippen LogP contribution in [0.4, 0.5) is 4.39 Å². The molecule has 1 saturated heterocycles. The van der Waals surface area contributed by atoms with E-state index in [9.17, 15) is 24.2 Å². The lowest BCUT2D eigenvalue weighted by Crippen LogP contribution is -2.32. The molecule has 7 heteroatoms. The molecule has 1 amide bonds. The van der Waals surface area contributed by atoms with Gasteiger partial charge in [0.2, 0.25) is 0 Å². The highest BCUT2D eigenvalue weighted by molar-refractivity contribution is 6.46. The van der Waals surface area contributed by atoms with Crippen molar-refractivity contribution in [1.29, 1.82) is 0 Å². The van der Waals surface area contributed by atoms with Gasteiger partial charge in [0, 0.05) is 24.5 Å². The van der Waals surface area contributed by atoms with Gasteiger partial charge in [-0.2, -0.15) is 0 Å². The summed E-state index contributed by atoms with van der Waals surface area (Å²) in [4.78, 5) is 30.0. The molecule has 1 aromatic carbocycles. The van der Waals surface area contributed by atoms with Crippen molar-refractivity contribution in [3.8, 4) is 0 Å². The summed E-state index contributed by atoms with van der Waals surface area (Å²) in [5, 5.41) is 19.9. The summed E-state index contributed by atoms with van der Waals surface area (Å²) in [7, 11) is 0. The number of rotatable bonds is 4. The number of aromatic nitrogens is 1. The third-order valence-corrected chi connectivity index (χ3v) is 4.35. The van der Waals surface area contributed by atoms with Gasteiger partial charge in [-0.15, -0.1) is 0 Å². The van der Waals surface area contributed by atoms with E-state index in [1.54, 1.807) is 19.1 Å². The summed E-state index contributed by atoms with van der Waals surface area (Å²) < 4.78 is 13.9. The molecule has 0 radical (unpaired) electrons. The maximum absolute atomic E-state index is 13.9. The number of aryl methyl sites for hydroxylation is 1. The Hall–Kier alpha value is -3.06. The standard InChI is InChI=1S/C19H17FN2O4/c1-11-2-3-13(10-14(11)20)17(24)15-16(12-4-6-21-7-5-12)22(8-9-23)19(26)18(15)25/h2-7,10,16,23-24H,8-9H2,1H3. The Kier molecular flexibility index (Phi) is 4.81. The number of likely N-dealkylation sites (tertiary alicyclic amines) is 1. The monoisotopic (exact) mass is 356 g/mol. The Morgan fingerprint density at radius 3 is 2.54 bits per heavy atom. The highest BCUT2D eigenvalue weighted by Gasteiger charge is 2.45. The number of carbonyl (C=O) groups is 2. The van der Waals surface area contributed by atoms with Gasteiger partial charge in [0.1, 0.15) is 11.6 Å². The number of hydrogen-bond donors (Lipinski definition) is 2. The number of nitrogens with zero attached hydrogens (tertiary/aromatic N) is 2. The van der Waals surface area contributed by atoms with Crippen molar-refractivity contribution in [2.24, 2.45) is 0 Å².